The first-order valence-corrected chi connectivity index (χ1v) is 11.3. The van der Waals surface area contributed by atoms with Crippen LogP contribution in [0, 0.1) is 0 Å². The lowest BCUT2D eigenvalue weighted by Crippen LogP contribution is -2.39. The van der Waals surface area contributed by atoms with Crippen LogP contribution in [0.5, 0.6) is 11.5 Å². The van der Waals surface area contributed by atoms with Gasteiger partial charge >= 0.3 is 0 Å². The predicted molar refractivity (Wildman–Crippen MR) is 122 cm³/mol. The summed E-state index contributed by atoms with van der Waals surface area (Å²) in [4.78, 5) is 12.4. The van der Waals surface area contributed by atoms with Crippen molar-refractivity contribution in [3.63, 3.8) is 0 Å². The molecule has 1 amide bonds. The number of halogens is 1. The highest BCUT2D eigenvalue weighted by atomic mass is 35.5. The third kappa shape index (κ3) is 5.25. The number of ether oxygens (including phenoxy) is 1. The van der Waals surface area contributed by atoms with Crippen molar-refractivity contribution in [1.29, 1.82) is 0 Å². The molecule has 0 spiro atoms. The van der Waals surface area contributed by atoms with Crippen LogP contribution < -0.4 is 14.5 Å². The Morgan fingerprint density at radius 3 is 2.65 bits per heavy atom. The number of anilines is 1. The maximum atomic E-state index is 12.4. The Morgan fingerprint density at radius 2 is 1.97 bits per heavy atom. The molecule has 0 aliphatic carbocycles. The lowest BCUT2D eigenvalue weighted by Gasteiger charge is -2.22. The van der Waals surface area contributed by atoms with E-state index in [1.54, 1.807) is 6.07 Å². The number of nitrogens with zero attached hydrogens (tertiary/aromatic N) is 2. The zero-order chi connectivity index (χ0) is 22.6. The predicted octanol–water partition coefficient (Wildman–Crippen LogP) is 3.12. The van der Waals surface area contributed by atoms with Crippen molar-refractivity contribution in [2.75, 3.05) is 24.2 Å². The van der Waals surface area contributed by atoms with E-state index in [-0.39, 0.29) is 16.5 Å². The minimum absolute atomic E-state index is 0.00216. The summed E-state index contributed by atoms with van der Waals surface area (Å²) in [6, 6.07) is 15.1. The lowest BCUT2D eigenvalue weighted by molar-refractivity contribution is -0.119. The average Bonchev–Trinajstić information content (AvgIpc) is 2.72. The van der Waals surface area contributed by atoms with Gasteiger partial charge in [-0.05, 0) is 35.0 Å². The number of hydrogen-bond donors (Lipinski definition) is 2. The van der Waals surface area contributed by atoms with Crippen molar-refractivity contribution in [3.05, 3.63) is 65.2 Å². The normalized spacial score (nSPS) is 11.6. The van der Waals surface area contributed by atoms with Gasteiger partial charge in [-0.15, -0.1) is 0 Å². The smallest absolute Gasteiger partial charge is 0.260 e. The second-order valence-corrected chi connectivity index (χ2v) is 8.92. The maximum Gasteiger partial charge on any atom is 0.260 e. The van der Waals surface area contributed by atoms with Crippen LogP contribution in [-0.2, 0) is 14.8 Å². The van der Waals surface area contributed by atoms with Crippen molar-refractivity contribution < 1.29 is 23.1 Å². The number of phenolic OH excluding ortho intramolecular Hbond substituents is 1. The van der Waals surface area contributed by atoms with Crippen LogP contribution >= 0.6 is 11.6 Å². The number of aromatic hydroxyl groups is 1. The Kier molecular flexibility index (Phi) is 6.67. The van der Waals surface area contributed by atoms with Gasteiger partial charge in [-0.2, -0.15) is 5.10 Å². The quantitative estimate of drug-likeness (QED) is 0.415. The summed E-state index contributed by atoms with van der Waals surface area (Å²) < 4.78 is 30.4. The van der Waals surface area contributed by atoms with E-state index < -0.39 is 22.5 Å². The molecule has 0 unspecified atom stereocenters. The highest BCUT2D eigenvalue weighted by Gasteiger charge is 2.21. The van der Waals surface area contributed by atoms with E-state index in [0.29, 0.717) is 11.3 Å². The first-order chi connectivity index (χ1) is 14.7. The molecule has 10 heteroatoms. The van der Waals surface area contributed by atoms with Gasteiger partial charge in [-0.25, -0.2) is 13.8 Å². The second kappa shape index (κ2) is 9.23. The molecular formula is C21H20ClN3O5S. The van der Waals surface area contributed by atoms with E-state index in [9.17, 15) is 18.3 Å². The van der Waals surface area contributed by atoms with Gasteiger partial charge in [0.1, 0.15) is 18.0 Å². The number of carbonyl (C=O) groups excluding carboxylic acids is 1. The average molecular weight is 462 g/mol. The molecule has 0 atom stereocenters. The minimum Gasteiger partial charge on any atom is -0.507 e. The fourth-order valence-corrected chi connectivity index (χ4v) is 4.07. The molecule has 0 radical (unpaired) electrons. The van der Waals surface area contributed by atoms with Crippen LogP contribution in [0.3, 0.4) is 0 Å². The van der Waals surface area contributed by atoms with Gasteiger partial charge < -0.3 is 9.84 Å². The molecule has 8 nitrogen and oxygen atoms in total. The number of hydrogen-bond acceptors (Lipinski definition) is 6. The van der Waals surface area contributed by atoms with E-state index in [2.05, 4.69) is 10.5 Å². The molecule has 3 aromatic rings. The van der Waals surface area contributed by atoms with Crippen molar-refractivity contribution in [2.24, 2.45) is 5.10 Å². The van der Waals surface area contributed by atoms with Crippen LogP contribution in [0.15, 0.2) is 59.7 Å². The molecular weight excluding hydrogens is 442 g/mol. The first kappa shape index (κ1) is 22.4. The zero-order valence-corrected chi connectivity index (χ0v) is 18.3. The van der Waals surface area contributed by atoms with Crippen LogP contribution in [0.25, 0.3) is 10.8 Å². The number of hydrazone groups is 1. The van der Waals surface area contributed by atoms with Crippen molar-refractivity contribution in [2.45, 2.75) is 0 Å². The molecule has 0 aliphatic rings. The van der Waals surface area contributed by atoms with Gasteiger partial charge in [0.2, 0.25) is 10.0 Å². The van der Waals surface area contributed by atoms with E-state index in [4.69, 9.17) is 16.3 Å². The van der Waals surface area contributed by atoms with Gasteiger partial charge in [-0.3, -0.25) is 9.10 Å². The van der Waals surface area contributed by atoms with Crippen LogP contribution in [-0.4, -0.2) is 45.6 Å². The summed E-state index contributed by atoms with van der Waals surface area (Å²) in [5.74, 6) is -0.293. The van der Waals surface area contributed by atoms with Crippen LogP contribution in [0.1, 0.15) is 5.56 Å². The third-order valence-corrected chi connectivity index (χ3v) is 5.88. The highest BCUT2D eigenvalue weighted by Crippen LogP contribution is 2.30. The standard InChI is InChI=1S/C21H20ClN3O5S/c1-30-20-10-8-15(11-18(20)22)25(31(2,28)29)13-21(27)24-23-12-17-16-6-4-3-5-14(16)7-9-19(17)26/h3-12,26H,13H2,1-2H3,(H,24,27). The summed E-state index contributed by atoms with van der Waals surface area (Å²) in [6.07, 6.45) is 2.29. The Morgan fingerprint density at radius 1 is 1.23 bits per heavy atom. The molecule has 0 aliphatic heterocycles. The van der Waals surface area contributed by atoms with Crippen molar-refractivity contribution in [3.8, 4) is 11.5 Å². The summed E-state index contributed by atoms with van der Waals surface area (Å²) in [7, 11) is -2.34. The monoisotopic (exact) mass is 461 g/mol. The number of amides is 1. The summed E-state index contributed by atoms with van der Waals surface area (Å²) in [5, 5.41) is 15.9. The fraction of sp³-hybridized carbons (Fsp3) is 0.143. The maximum absolute atomic E-state index is 12.4. The van der Waals surface area contributed by atoms with Gasteiger partial charge in [0.05, 0.1) is 30.3 Å². The number of methoxy groups -OCH3 is 1. The largest absolute Gasteiger partial charge is 0.507 e. The molecule has 0 saturated heterocycles. The number of rotatable bonds is 7. The highest BCUT2D eigenvalue weighted by molar-refractivity contribution is 7.92. The number of sulfonamides is 1. The molecule has 3 rings (SSSR count). The number of phenols is 1. The van der Waals surface area contributed by atoms with Crippen molar-refractivity contribution in [1.82, 2.24) is 5.43 Å². The first-order valence-electron chi connectivity index (χ1n) is 9.04. The lowest BCUT2D eigenvalue weighted by atomic mass is 10.0. The van der Waals surface area contributed by atoms with Gasteiger partial charge in [-0.1, -0.05) is 41.9 Å². The Balaban J connectivity index is 1.78. The molecule has 0 fully saturated rings. The van der Waals surface area contributed by atoms with E-state index in [0.717, 1.165) is 21.3 Å². The summed E-state index contributed by atoms with van der Waals surface area (Å²) in [5.41, 5.74) is 2.93. The fourth-order valence-electron chi connectivity index (χ4n) is 2.96. The van der Waals surface area contributed by atoms with E-state index in [1.807, 2.05) is 24.3 Å². The molecule has 0 saturated carbocycles. The number of fused-ring (bicyclic) bond motifs is 1. The van der Waals surface area contributed by atoms with Gasteiger partial charge in [0.25, 0.3) is 5.91 Å². The molecule has 162 valence electrons. The topological polar surface area (TPSA) is 108 Å². The Labute approximate surface area is 184 Å². The Bertz CT molecular complexity index is 1260. The molecule has 3 aromatic carbocycles. The molecule has 0 aromatic heterocycles. The van der Waals surface area contributed by atoms with Crippen LogP contribution in [0.4, 0.5) is 5.69 Å². The molecule has 2 N–H and O–H groups in total. The van der Waals surface area contributed by atoms with E-state index in [1.165, 1.54) is 37.6 Å². The zero-order valence-electron chi connectivity index (χ0n) is 16.7. The van der Waals surface area contributed by atoms with Gasteiger partial charge in [0.15, 0.2) is 0 Å². The number of nitrogens with one attached hydrogen (secondary N) is 1. The molecule has 31 heavy (non-hydrogen) atoms. The number of benzene rings is 3. The SMILES string of the molecule is COc1ccc(N(CC(=O)NN=Cc2c(O)ccc3ccccc23)S(C)(=O)=O)cc1Cl. The number of carbonyl (C=O) groups is 1. The molecule has 0 bridgehead atoms. The minimum atomic E-state index is -3.78. The van der Waals surface area contributed by atoms with E-state index >= 15 is 0 Å². The summed E-state index contributed by atoms with van der Waals surface area (Å²) in [6.45, 7) is -0.514. The third-order valence-electron chi connectivity index (χ3n) is 4.44. The summed E-state index contributed by atoms with van der Waals surface area (Å²) >= 11 is 6.08. The van der Waals surface area contributed by atoms with Crippen LogP contribution in [0.2, 0.25) is 5.02 Å². The Hall–Kier alpha value is -3.30. The van der Waals surface area contributed by atoms with Crippen molar-refractivity contribution >= 4 is 50.2 Å². The van der Waals surface area contributed by atoms with Gasteiger partial charge in [0, 0.05) is 5.56 Å². The second-order valence-electron chi connectivity index (χ2n) is 6.60. The molecule has 0 heterocycles.